The van der Waals surface area contributed by atoms with Gasteiger partial charge in [0.15, 0.2) is 0 Å². The highest BCUT2D eigenvalue weighted by atomic mass is 16.6. The van der Waals surface area contributed by atoms with E-state index in [9.17, 15) is 14.4 Å². The molecule has 0 aromatic carbocycles. The highest BCUT2D eigenvalue weighted by Crippen LogP contribution is 2.20. The first kappa shape index (κ1) is 19.0. The first-order valence-electron chi connectivity index (χ1n) is 7.68. The van der Waals surface area contributed by atoms with Gasteiger partial charge < -0.3 is 19.7 Å². The van der Waals surface area contributed by atoms with Gasteiger partial charge in [-0.05, 0) is 40.0 Å². The fourth-order valence-electron chi connectivity index (χ4n) is 2.45. The van der Waals surface area contributed by atoms with E-state index >= 15 is 0 Å². The summed E-state index contributed by atoms with van der Waals surface area (Å²) in [7, 11) is 1.30. The Kier molecular flexibility index (Phi) is 6.60. The van der Waals surface area contributed by atoms with Crippen LogP contribution in [0.3, 0.4) is 0 Å². The molecule has 23 heavy (non-hydrogen) atoms. The van der Waals surface area contributed by atoms with E-state index in [1.807, 2.05) is 0 Å². The topological polar surface area (TPSA) is 84.9 Å². The average molecular weight is 326 g/mol. The van der Waals surface area contributed by atoms with Gasteiger partial charge in [0.25, 0.3) is 0 Å². The number of esters is 1. The van der Waals surface area contributed by atoms with Crippen molar-refractivity contribution in [2.45, 2.75) is 57.7 Å². The van der Waals surface area contributed by atoms with Crippen LogP contribution >= 0.6 is 0 Å². The van der Waals surface area contributed by atoms with E-state index in [2.05, 4.69) is 11.9 Å². The molecule has 1 rings (SSSR count). The Morgan fingerprint density at radius 2 is 2.04 bits per heavy atom. The van der Waals surface area contributed by atoms with Crippen LogP contribution in [0.2, 0.25) is 0 Å². The average Bonchev–Trinajstić information content (AvgIpc) is 2.92. The number of nitrogens with zero attached hydrogens (tertiary/aromatic N) is 1. The zero-order chi connectivity index (χ0) is 17.6. The zero-order valence-electron chi connectivity index (χ0n) is 14.3. The monoisotopic (exact) mass is 326 g/mol. The molecule has 1 heterocycles. The highest BCUT2D eigenvalue weighted by Gasteiger charge is 2.38. The summed E-state index contributed by atoms with van der Waals surface area (Å²) in [6.45, 7) is 9.29. The Balaban J connectivity index is 2.79. The summed E-state index contributed by atoms with van der Waals surface area (Å²) < 4.78 is 9.91. The molecule has 2 atom stereocenters. The molecule has 0 spiro atoms. The molecule has 0 aliphatic carbocycles. The molecule has 2 amide bonds. The van der Waals surface area contributed by atoms with E-state index in [-0.39, 0.29) is 12.3 Å². The third kappa shape index (κ3) is 5.58. The molecule has 1 aliphatic rings. The second-order valence-corrected chi connectivity index (χ2v) is 6.44. The lowest BCUT2D eigenvalue weighted by atomic mass is 10.1. The van der Waals surface area contributed by atoms with Gasteiger partial charge in [0.05, 0.1) is 7.11 Å². The number of amides is 2. The van der Waals surface area contributed by atoms with E-state index in [4.69, 9.17) is 9.47 Å². The van der Waals surface area contributed by atoms with Crippen molar-refractivity contribution in [2.24, 2.45) is 0 Å². The summed E-state index contributed by atoms with van der Waals surface area (Å²) in [5.74, 6) is -0.769. The maximum Gasteiger partial charge on any atom is 0.408 e. The molecule has 1 N–H and O–H groups in total. The van der Waals surface area contributed by atoms with Crippen molar-refractivity contribution in [2.75, 3.05) is 13.7 Å². The van der Waals surface area contributed by atoms with Gasteiger partial charge in [0, 0.05) is 6.54 Å². The summed E-state index contributed by atoms with van der Waals surface area (Å²) in [6, 6.07) is -1.41. The third-order valence-corrected chi connectivity index (χ3v) is 3.40. The second-order valence-electron chi connectivity index (χ2n) is 6.44. The maximum atomic E-state index is 12.7. The van der Waals surface area contributed by atoms with E-state index in [0.717, 1.165) is 6.42 Å². The van der Waals surface area contributed by atoms with Crippen LogP contribution in [0.4, 0.5) is 4.79 Å². The van der Waals surface area contributed by atoms with Crippen molar-refractivity contribution in [3.63, 3.8) is 0 Å². The Morgan fingerprint density at radius 3 is 2.57 bits per heavy atom. The van der Waals surface area contributed by atoms with E-state index < -0.39 is 29.7 Å². The SMILES string of the molecule is C=CCC(NC(=O)OC(C)(C)C)C(=O)N1CCCC1C(=O)OC. The molecule has 130 valence electrons. The lowest BCUT2D eigenvalue weighted by molar-refractivity contribution is -0.151. The molecule has 2 unspecified atom stereocenters. The number of methoxy groups -OCH3 is 1. The van der Waals surface area contributed by atoms with Crippen LogP contribution in [0.15, 0.2) is 12.7 Å². The molecule has 7 nitrogen and oxygen atoms in total. The number of ether oxygens (including phenoxy) is 2. The molecule has 7 heteroatoms. The molecule has 1 fully saturated rings. The smallest absolute Gasteiger partial charge is 0.408 e. The van der Waals surface area contributed by atoms with Crippen LogP contribution in [0.25, 0.3) is 0 Å². The molecule has 0 aromatic heterocycles. The van der Waals surface area contributed by atoms with Gasteiger partial charge in [0.1, 0.15) is 17.7 Å². The van der Waals surface area contributed by atoms with Crippen LogP contribution in [0, 0.1) is 0 Å². The molecule has 1 aliphatic heterocycles. The molecule has 0 aromatic rings. The molecular formula is C16H26N2O5. The first-order valence-corrected chi connectivity index (χ1v) is 7.68. The number of carbonyl (C=O) groups excluding carboxylic acids is 3. The maximum absolute atomic E-state index is 12.7. The standard InChI is InChI=1S/C16H26N2O5/c1-6-8-11(17-15(21)23-16(2,3)4)13(19)18-10-7-9-12(18)14(20)22-5/h6,11-12H,1,7-10H2,2-5H3,(H,17,21). The summed E-state index contributed by atoms with van der Waals surface area (Å²) >= 11 is 0. The van der Waals surface area contributed by atoms with E-state index in [1.165, 1.54) is 12.0 Å². The minimum atomic E-state index is -0.812. The lowest BCUT2D eigenvalue weighted by Gasteiger charge is -2.28. The van der Waals surface area contributed by atoms with E-state index in [1.54, 1.807) is 26.8 Å². The van der Waals surface area contributed by atoms with Crippen LogP contribution in [-0.2, 0) is 19.1 Å². The predicted octanol–water partition coefficient (Wildman–Crippen LogP) is 1.62. The van der Waals surface area contributed by atoms with Crippen LogP contribution < -0.4 is 5.32 Å². The fourth-order valence-corrected chi connectivity index (χ4v) is 2.45. The van der Waals surface area contributed by atoms with Crippen molar-refractivity contribution in [3.8, 4) is 0 Å². The van der Waals surface area contributed by atoms with Crippen molar-refractivity contribution < 1.29 is 23.9 Å². The fraction of sp³-hybridized carbons (Fsp3) is 0.688. The van der Waals surface area contributed by atoms with Crippen molar-refractivity contribution >= 4 is 18.0 Å². The number of hydrogen-bond donors (Lipinski definition) is 1. The van der Waals surface area contributed by atoms with Gasteiger partial charge in [-0.25, -0.2) is 9.59 Å². The number of carbonyl (C=O) groups is 3. The zero-order valence-corrected chi connectivity index (χ0v) is 14.3. The Hall–Kier alpha value is -2.05. The van der Waals surface area contributed by atoms with Crippen LogP contribution in [0.5, 0.6) is 0 Å². The second kappa shape index (κ2) is 7.99. The Morgan fingerprint density at radius 1 is 1.39 bits per heavy atom. The van der Waals surface area contributed by atoms with Gasteiger partial charge in [0.2, 0.25) is 5.91 Å². The summed E-state index contributed by atoms with van der Waals surface area (Å²) in [6.07, 6.45) is 2.40. The van der Waals surface area contributed by atoms with Gasteiger partial charge in [-0.3, -0.25) is 4.79 Å². The minimum absolute atomic E-state index is 0.252. The molecule has 0 bridgehead atoms. The summed E-state index contributed by atoms with van der Waals surface area (Å²) in [5, 5.41) is 2.55. The predicted molar refractivity (Wildman–Crippen MR) is 84.7 cm³/mol. The highest BCUT2D eigenvalue weighted by molar-refractivity contribution is 5.90. The number of hydrogen-bond acceptors (Lipinski definition) is 5. The summed E-state index contributed by atoms with van der Waals surface area (Å²) in [4.78, 5) is 37.8. The molecule has 1 saturated heterocycles. The van der Waals surface area contributed by atoms with Gasteiger partial charge in [-0.15, -0.1) is 6.58 Å². The van der Waals surface area contributed by atoms with Gasteiger partial charge >= 0.3 is 12.1 Å². The van der Waals surface area contributed by atoms with Crippen LogP contribution in [0.1, 0.15) is 40.0 Å². The minimum Gasteiger partial charge on any atom is -0.467 e. The van der Waals surface area contributed by atoms with Crippen molar-refractivity contribution in [1.82, 2.24) is 10.2 Å². The van der Waals surface area contributed by atoms with Crippen molar-refractivity contribution in [3.05, 3.63) is 12.7 Å². The summed E-state index contributed by atoms with van der Waals surface area (Å²) in [5.41, 5.74) is -0.659. The number of rotatable bonds is 5. The number of nitrogens with one attached hydrogen (secondary N) is 1. The van der Waals surface area contributed by atoms with Crippen molar-refractivity contribution in [1.29, 1.82) is 0 Å². The number of likely N-dealkylation sites (tertiary alicyclic amines) is 1. The Labute approximate surface area is 137 Å². The molecular weight excluding hydrogens is 300 g/mol. The van der Waals surface area contributed by atoms with Gasteiger partial charge in [-0.1, -0.05) is 6.08 Å². The third-order valence-electron chi connectivity index (χ3n) is 3.40. The molecule has 0 saturated carbocycles. The van der Waals surface area contributed by atoms with E-state index in [0.29, 0.717) is 13.0 Å². The normalized spacial score (nSPS) is 19.0. The largest absolute Gasteiger partial charge is 0.467 e. The van der Waals surface area contributed by atoms with Crippen LogP contribution in [-0.4, -0.2) is 54.2 Å². The quantitative estimate of drug-likeness (QED) is 0.613. The first-order chi connectivity index (χ1) is 10.7. The van der Waals surface area contributed by atoms with Gasteiger partial charge in [-0.2, -0.15) is 0 Å². The Bertz CT molecular complexity index is 470. The molecule has 0 radical (unpaired) electrons. The lowest BCUT2D eigenvalue weighted by Crippen LogP contribution is -2.52. The number of alkyl carbamates (subject to hydrolysis) is 1.